The van der Waals surface area contributed by atoms with Crippen LogP contribution >= 0.6 is 0 Å². The monoisotopic (exact) mass is 177 g/mol. The smallest absolute Gasteiger partial charge is 0.0678 e. The van der Waals surface area contributed by atoms with E-state index in [9.17, 15) is 0 Å². The topological polar surface area (TPSA) is 51.8 Å². The fraction of sp³-hybridized carbons (Fsp3) is 0.600. The first-order valence-corrected chi connectivity index (χ1v) is 4.66. The van der Waals surface area contributed by atoms with Crippen molar-refractivity contribution in [1.82, 2.24) is 9.97 Å². The van der Waals surface area contributed by atoms with Crippen LogP contribution in [0.4, 0.5) is 0 Å². The van der Waals surface area contributed by atoms with Gasteiger partial charge < -0.3 is 5.73 Å². The Labute approximate surface area is 78.4 Å². The standard InChI is InChI=1S/C10H15N3/c1-7-9(13-4-3-12-7)10(2)5-8(10)6-11/h3-4,8H,5-6,11H2,1-2H3. The van der Waals surface area contributed by atoms with E-state index in [0.717, 1.165) is 24.4 Å². The second-order valence-corrected chi connectivity index (χ2v) is 4.04. The van der Waals surface area contributed by atoms with Gasteiger partial charge in [-0.05, 0) is 25.8 Å². The Bertz CT molecular complexity index is 324. The van der Waals surface area contributed by atoms with Crippen molar-refractivity contribution in [2.75, 3.05) is 6.54 Å². The normalized spacial score (nSPS) is 31.8. The Kier molecular flexibility index (Phi) is 1.84. The summed E-state index contributed by atoms with van der Waals surface area (Å²) in [7, 11) is 0. The van der Waals surface area contributed by atoms with Gasteiger partial charge in [0, 0.05) is 17.8 Å². The third-order valence-electron chi connectivity index (χ3n) is 3.12. The molecule has 13 heavy (non-hydrogen) atoms. The summed E-state index contributed by atoms with van der Waals surface area (Å²) >= 11 is 0. The first-order chi connectivity index (χ1) is 6.18. The summed E-state index contributed by atoms with van der Waals surface area (Å²) in [6, 6.07) is 0. The lowest BCUT2D eigenvalue weighted by atomic mass is 10.00. The number of hydrogen-bond acceptors (Lipinski definition) is 3. The van der Waals surface area contributed by atoms with Gasteiger partial charge in [0.25, 0.3) is 0 Å². The molecule has 0 aliphatic heterocycles. The molecule has 1 aliphatic carbocycles. The maximum Gasteiger partial charge on any atom is 0.0678 e. The molecular formula is C10H15N3. The summed E-state index contributed by atoms with van der Waals surface area (Å²) in [4.78, 5) is 8.64. The van der Waals surface area contributed by atoms with Gasteiger partial charge in [-0.1, -0.05) is 6.92 Å². The van der Waals surface area contributed by atoms with E-state index in [2.05, 4.69) is 16.9 Å². The van der Waals surface area contributed by atoms with Crippen LogP contribution in [0.3, 0.4) is 0 Å². The highest BCUT2D eigenvalue weighted by atomic mass is 14.8. The van der Waals surface area contributed by atoms with E-state index in [0.29, 0.717) is 5.92 Å². The average Bonchev–Trinajstić information content (AvgIpc) is 2.79. The predicted octanol–water partition coefficient (Wildman–Crippen LogP) is 1.02. The zero-order valence-corrected chi connectivity index (χ0v) is 8.12. The van der Waals surface area contributed by atoms with Gasteiger partial charge in [0.1, 0.15) is 0 Å². The third-order valence-corrected chi connectivity index (χ3v) is 3.12. The highest BCUT2D eigenvalue weighted by Gasteiger charge is 2.52. The molecule has 2 atom stereocenters. The van der Waals surface area contributed by atoms with E-state index in [1.807, 2.05) is 6.92 Å². The molecule has 1 fully saturated rings. The van der Waals surface area contributed by atoms with Crippen LogP contribution in [0.1, 0.15) is 24.7 Å². The molecule has 0 radical (unpaired) electrons. The molecule has 1 aromatic heterocycles. The van der Waals surface area contributed by atoms with Crippen LogP contribution in [0, 0.1) is 12.8 Å². The molecule has 3 heteroatoms. The molecule has 0 saturated heterocycles. The number of nitrogens with zero attached hydrogens (tertiary/aromatic N) is 2. The van der Waals surface area contributed by atoms with Gasteiger partial charge in [-0.2, -0.15) is 0 Å². The van der Waals surface area contributed by atoms with E-state index in [1.165, 1.54) is 0 Å². The van der Waals surface area contributed by atoms with Gasteiger partial charge in [-0.15, -0.1) is 0 Å². The van der Waals surface area contributed by atoms with Crippen molar-refractivity contribution in [1.29, 1.82) is 0 Å². The largest absolute Gasteiger partial charge is 0.330 e. The van der Waals surface area contributed by atoms with Crippen molar-refractivity contribution >= 4 is 0 Å². The van der Waals surface area contributed by atoms with Crippen molar-refractivity contribution in [2.24, 2.45) is 11.7 Å². The van der Waals surface area contributed by atoms with Crippen LogP contribution in [0.25, 0.3) is 0 Å². The van der Waals surface area contributed by atoms with Crippen LogP contribution in [0.15, 0.2) is 12.4 Å². The fourth-order valence-electron chi connectivity index (χ4n) is 2.05. The van der Waals surface area contributed by atoms with Gasteiger partial charge in [0.2, 0.25) is 0 Å². The molecule has 0 aromatic carbocycles. The van der Waals surface area contributed by atoms with E-state index in [-0.39, 0.29) is 5.41 Å². The first kappa shape index (κ1) is 8.63. The van der Waals surface area contributed by atoms with Crippen LogP contribution < -0.4 is 5.73 Å². The second kappa shape index (κ2) is 2.77. The maximum absolute atomic E-state index is 5.65. The summed E-state index contributed by atoms with van der Waals surface area (Å²) in [5, 5.41) is 0. The van der Waals surface area contributed by atoms with Crippen molar-refractivity contribution in [3.8, 4) is 0 Å². The molecule has 1 heterocycles. The van der Waals surface area contributed by atoms with Gasteiger partial charge in [-0.25, -0.2) is 0 Å². The number of nitrogens with two attached hydrogens (primary N) is 1. The fourth-order valence-corrected chi connectivity index (χ4v) is 2.05. The Hall–Kier alpha value is -0.960. The van der Waals surface area contributed by atoms with Gasteiger partial charge in [-0.3, -0.25) is 9.97 Å². The van der Waals surface area contributed by atoms with Crippen LogP contribution in [-0.2, 0) is 5.41 Å². The molecule has 70 valence electrons. The predicted molar refractivity (Wildman–Crippen MR) is 51.3 cm³/mol. The number of aromatic nitrogens is 2. The Morgan fingerprint density at radius 3 is 2.77 bits per heavy atom. The lowest BCUT2D eigenvalue weighted by molar-refractivity contribution is 0.636. The van der Waals surface area contributed by atoms with Crippen LogP contribution in [0.5, 0.6) is 0 Å². The van der Waals surface area contributed by atoms with E-state index < -0.39 is 0 Å². The molecule has 3 nitrogen and oxygen atoms in total. The SMILES string of the molecule is Cc1nccnc1C1(C)CC1CN. The maximum atomic E-state index is 5.65. The quantitative estimate of drug-likeness (QED) is 0.733. The Balaban J connectivity index is 2.32. The van der Waals surface area contributed by atoms with Crippen molar-refractivity contribution < 1.29 is 0 Å². The molecule has 2 N–H and O–H groups in total. The summed E-state index contributed by atoms with van der Waals surface area (Å²) in [5.41, 5.74) is 8.02. The van der Waals surface area contributed by atoms with Gasteiger partial charge >= 0.3 is 0 Å². The number of hydrogen-bond donors (Lipinski definition) is 1. The summed E-state index contributed by atoms with van der Waals surface area (Å²) in [6.07, 6.45) is 4.66. The molecule has 1 saturated carbocycles. The molecule has 2 rings (SSSR count). The highest BCUT2D eigenvalue weighted by Crippen LogP contribution is 2.52. The lowest BCUT2D eigenvalue weighted by Crippen LogP contribution is -2.15. The summed E-state index contributed by atoms with van der Waals surface area (Å²) in [5.74, 6) is 0.600. The van der Waals surface area contributed by atoms with Crippen LogP contribution in [0.2, 0.25) is 0 Å². The average molecular weight is 177 g/mol. The zero-order chi connectivity index (χ0) is 9.47. The minimum Gasteiger partial charge on any atom is -0.330 e. The first-order valence-electron chi connectivity index (χ1n) is 4.66. The van der Waals surface area contributed by atoms with Crippen molar-refractivity contribution in [3.63, 3.8) is 0 Å². The summed E-state index contributed by atoms with van der Waals surface area (Å²) in [6.45, 7) is 4.99. The van der Waals surface area contributed by atoms with E-state index >= 15 is 0 Å². The number of rotatable bonds is 2. The highest BCUT2D eigenvalue weighted by molar-refractivity contribution is 5.29. The molecule has 1 aromatic rings. The zero-order valence-electron chi connectivity index (χ0n) is 8.12. The van der Waals surface area contributed by atoms with Crippen molar-refractivity contribution in [3.05, 3.63) is 23.8 Å². The van der Waals surface area contributed by atoms with E-state index in [4.69, 9.17) is 5.73 Å². The number of aryl methyl sites for hydroxylation is 1. The molecule has 0 bridgehead atoms. The van der Waals surface area contributed by atoms with Gasteiger partial charge in [0.05, 0.1) is 11.4 Å². The minimum atomic E-state index is 0.201. The van der Waals surface area contributed by atoms with E-state index in [1.54, 1.807) is 12.4 Å². The summed E-state index contributed by atoms with van der Waals surface area (Å²) < 4.78 is 0. The third kappa shape index (κ3) is 1.23. The van der Waals surface area contributed by atoms with Gasteiger partial charge in [0.15, 0.2) is 0 Å². The molecular weight excluding hydrogens is 162 g/mol. The molecule has 0 spiro atoms. The minimum absolute atomic E-state index is 0.201. The lowest BCUT2D eigenvalue weighted by Gasteiger charge is -2.11. The van der Waals surface area contributed by atoms with Crippen LogP contribution in [-0.4, -0.2) is 16.5 Å². The molecule has 2 unspecified atom stereocenters. The molecule has 1 aliphatic rings. The second-order valence-electron chi connectivity index (χ2n) is 4.04. The molecule has 0 amide bonds. The Morgan fingerprint density at radius 2 is 2.23 bits per heavy atom. The Morgan fingerprint density at radius 1 is 1.54 bits per heavy atom. The van der Waals surface area contributed by atoms with Crippen molar-refractivity contribution in [2.45, 2.75) is 25.7 Å².